The first-order chi connectivity index (χ1) is 14.5. The van der Waals surface area contributed by atoms with Crippen LogP contribution in [0.3, 0.4) is 0 Å². The summed E-state index contributed by atoms with van der Waals surface area (Å²) in [5.74, 6) is -0.338. The van der Waals surface area contributed by atoms with Gasteiger partial charge in [-0.15, -0.1) is 0 Å². The molecule has 0 unspecified atom stereocenters. The monoisotopic (exact) mass is 417 g/mol. The number of benzene rings is 1. The lowest BCUT2D eigenvalue weighted by Crippen LogP contribution is -2.53. The minimum atomic E-state index is -0.342. The fraction of sp³-hybridized carbons (Fsp3) is 0.667. The van der Waals surface area contributed by atoms with Gasteiger partial charge in [0.1, 0.15) is 5.82 Å². The zero-order chi connectivity index (χ0) is 21.4. The molecule has 1 saturated heterocycles. The van der Waals surface area contributed by atoms with Gasteiger partial charge in [-0.3, -0.25) is 14.5 Å². The molecule has 1 aliphatic heterocycles. The van der Waals surface area contributed by atoms with E-state index in [1.807, 2.05) is 0 Å². The van der Waals surface area contributed by atoms with Gasteiger partial charge in [0.05, 0.1) is 6.42 Å². The Hall–Kier alpha value is -1.95. The number of nitrogens with one attached hydrogen (secondary N) is 1. The fourth-order valence-electron chi connectivity index (χ4n) is 5.09. The summed E-state index contributed by atoms with van der Waals surface area (Å²) in [4.78, 5) is 30.0. The van der Waals surface area contributed by atoms with Crippen molar-refractivity contribution in [3.05, 3.63) is 35.6 Å². The number of carbonyl (C=O) groups is 2. The SMILES string of the molecule is CCCN1CCCN(C(=O)Cc2ccccc2F)CCNC(=O)CC12CCCCC2. The van der Waals surface area contributed by atoms with Crippen molar-refractivity contribution >= 4 is 11.8 Å². The van der Waals surface area contributed by atoms with Crippen molar-refractivity contribution in [3.63, 3.8) is 0 Å². The number of hydrogen-bond acceptors (Lipinski definition) is 3. The van der Waals surface area contributed by atoms with Gasteiger partial charge in [0.2, 0.25) is 11.8 Å². The maximum absolute atomic E-state index is 14.0. The van der Waals surface area contributed by atoms with Crippen LogP contribution in [0.1, 0.15) is 63.9 Å². The van der Waals surface area contributed by atoms with Crippen LogP contribution >= 0.6 is 0 Å². The molecule has 2 aliphatic rings. The van der Waals surface area contributed by atoms with Crippen LogP contribution in [0.15, 0.2) is 24.3 Å². The van der Waals surface area contributed by atoms with Crippen LogP contribution in [0.4, 0.5) is 4.39 Å². The molecular weight excluding hydrogens is 381 g/mol. The highest BCUT2D eigenvalue weighted by Crippen LogP contribution is 2.37. The smallest absolute Gasteiger partial charge is 0.227 e. The van der Waals surface area contributed by atoms with Crippen LogP contribution in [0, 0.1) is 5.82 Å². The van der Waals surface area contributed by atoms with Crippen molar-refractivity contribution in [2.24, 2.45) is 0 Å². The number of hydrogen-bond donors (Lipinski definition) is 1. The van der Waals surface area contributed by atoms with Gasteiger partial charge in [0, 0.05) is 38.1 Å². The van der Waals surface area contributed by atoms with Crippen molar-refractivity contribution in [1.29, 1.82) is 0 Å². The summed E-state index contributed by atoms with van der Waals surface area (Å²) in [5, 5.41) is 3.04. The van der Waals surface area contributed by atoms with Crippen LogP contribution < -0.4 is 5.32 Å². The van der Waals surface area contributed by atoms with E-state index >= 15 is 0 Å². The number of halogens is 1. The minimum absolute atomic E-state index is 0.0370. The molecule has 3 rings (SSSR count). The van der Waals surface area contributed by atoms with Gasteiger partial charge >= 0.3 is 0 Å². The quantitative estimate of drug-likeness (QED) is 0.816. The molecule has 1 heterocycles. The molecule has 5 nitrogen and oxygen atoms in total. The largest absolute Gasteiger partial charge is 0.354 e. The second-order valence-electron chi connectivity index (χ2n) is 8.80. The van der Waals surface area contributed by atoms with Gasteiger partial charge in [0.25, 0.3) is 0 Å². The van der Waals surface area contributed by atoms with Crippen LogP contribution in [-0.2, 0) is 16.0 Å². The molecule has 1 aromatic carbocycles. The Bertz CT molecular complexity index is 718. The lowest BCUT2D eigenvalue weighted by Gasteiger charge is -2.46. The van der Waals surface area contributed by atoms with E-state index in [4.69, 9.17) is 0 Å². The molecule has 166 valence electrons. The third-order valence-corrected chi connectivity index (χ3v) is 6.65. The van der Waals surface area contributed by atoms with Gasteiger partial charge in [-0.05, 0) is 43.9 Å². The molecule has 0 atom stereocenters. The Morgan fingerprint density at radius 2 is 1.87 bits per heavy atom. The molecule has 1 spiro atoms. The van der Waals surface area contributed by atoms with E-state index in [0.717, 1.165) is 38.8 Å². The molecular formula is C24H36FN3O2. The summed E-state index contributed by atoms with van der Waals surface area (Å²) in [5.41, 5.74) is 0.389. The lowest BCUT2D eigenvalue weighted by molar-refractivity contribution is -0.131. The zero-order valence-electron chi connectivity index (χ0n) is 18.3. The van der Waals surface area contributed by atoms with E-state index in [0.29, 0.717) is 31.6 Å². The average molecular weight is 418 g/mol. The van der Waals surface area contributed by atoms with Crippen LogP contribution in [-0.4, -0.2) is 59.9 Å². The van der Waals surface area contributed by atoms with Crippen molar-refractivity contribution in [2.45, 2.75) is 70.3 Å². The number of amides is 2. The average Bonchev–Trinajstić information content (AvgIpc) is 2.76. The van der Waals surface area contributed by atoms with Gasteiger partial charge < -0.3 is 10.2 Å². The summed E-state index contributed by atoms with van der Waals surface area (Å²) in [7, 11) is 0. The first kappa shape index (κ1) is 22.7. The predicted molar refractivity (Wildman–Crippen MR) is 117 cm³/mol. The zero-order valence-corrected chi connectivity index (χ0v) is 18.3. The Balaban J connectivity index is 1.71. The highest BCUT2D eigenvalue weighted by Gasteiger charge is 2.39. The standard InChI is InChI=1S/C24H36FN3O2/c1-2-14-28-16-8-15-27(23(30)18-20-9-4-5-10-21(20)25)17-13-26-22(29)19-24(28)11-6-3-7-12-24/h4-5,9-10H,2-3,6-8,11-19H2,1H3,(H,26,29). The van der Waals surface area contributed by atoms with Crippen LogP contribution in [0.25, 0.3) is 0 Å². The Morgan fingerprint density at radius 1 is 1.10 bits per heavy atom. The minimum Gasteiger partial charge on any atom is -0.354 e. The number of nitrogens with zero attached hydrogens (tertiary/aromatic N) is 2. The second kappa shape index (κ2) is 10.9. The van der Waals surface area contributed by atoms with Crippen molar-refractivity contribution in [3.8, 4) is 0 Å². The van der Waals surface area contributed by atoms with Crippen molar-refractivity contribution < 1.29 is 14.0 Å². The second-order valence-corrected chi connectivity index (χ2v) is 8.80. The van der Waals surface area contributed by atoms with E-state index in [-0.39, 0.29) is 29.6 Å². The fourth-order valence-corrected chi connectivity index (χ4v) is 5.09. The first-order valence-electron chi connectivity index (χ1n) is 11.6. The van der Waals surface area contributed by atoms with Crippen LogP contribution in [0.2, 0.25) is 0 Å². The maximum Gasteiger partial charge on any atom is 0.227 e. The van der Waals surface area contributed by atoms with E-state index in [2.05, 4.69) is 17.1 Å². The third-order valence-electron chi connectivity index (χ3n) is 6.65. The molecule has 1 N–H and O–H groups in total. The molecule has 2 fully saturated rings. The van der Waals surface area contributed by atoms with Crippen molar-refractivity contribution in [1.82, 2.24) is 15.1 Å². The van der Waals surface area contributed by atoms with Gasteiger partial charge in [-0.2, -0.15) is 0 Å². The summed E-state index contributed by atoms with van der Waals surface area (Å²) in [6.07, 6.45) is 8.31. The molecule has 6 heteroatoms. The Morgan fingerprint density at radius 3 is 2.60 bits per heavy atom. The molecule has 1 aliphatic carbocycles. The molecule has 0 bridgehead atoms. The summed E-state index contributed by atoms with van der Waals surface area (Å²) in [6.45, 7) is 5.62. The topological polar surface area (TPSA) is 52.6 Å². The van der Waals surface area contributed by atoms with E-state index in [9.17, 15) is 14.0 Å². The van der Waals surface area contributed by atoms with E-state index < -0.39 is 0 Å². The third kappa shape index (κ3) is 5.81. The Labute approximate surface area is 180 Å². The van der Waals surface area contributed by atoms with Crippen LogP contribution in [0.5, 0.6) is 0 Å². The number of carbonyl (C=O) groups excluding carboxylic acids is 2. The van der Waals surface area contributed by atoms with Gasteiger partial charge in [-0.25, -0.2) is 4.39 Å². The Kier molecular flexibility index (Phi) is 8.25. The molecule has 30 heavy (non-hydrogen) atoms. The molecule has 0 radical (unpaired) electrons. The molecule has 1 aromatic rings. The van der Waals surface area contributed by atoms with E-state index in [1.54, 1.807) is 23.1 Å². The molecule has 2 amide bonds. The first-order valence-corrected chi connectivity index (χ1v) is 11.6. The predicted octanol–water partition coefficient (Wildman–Crippen LogP) is 3.52. The lowest BCUT2D eigenvalue weighted by atomic mass is 9.77. The molecule has 1 saturated carbocycles. The summed E-state index contributed by atoms with van der Waals surface area (Å²) < 4.78 is 14.0. The van der Waals surface area contributed by atoms with Gasteiger partial charge in [0.15, 0.2) is 0 Å². The maximum atomic E-state index is 14.0. The highest BCUT2D eigenvalue weighted by molar-refractivity contribution is 5.79. The summed E-state index contributed by atoms with van der Waals surface area (Å²) in [6, 6.07) is 6.44. The number of rotatable bonds is 4. The van der Waals surface area contributed by atoms with E-state index in [1.165, 1.54) is 25.3 Å². The normalized spacial score (nSPS) is 21.1. The highest BCUT2D eigenvalue weighted by atomic mass is 19.1. The molecule has 0 aromatic heterocycles. The summed E-state index contributed by atoms with van der Waals surface area (Å²) >= 11 is 0. The van der Waals surface area contributed by atoms with Crippen molar-refractivity contribution in [2.75, 3.05) is 32.7 Å². The van der Waals surface area contributed by atoms with Gasteiger partial charge in [-0.1, -0.05) is 44.4 Å².